The van der Waals surface area contributed by atoms with Gasteiger partial charge < -0.3 is 10.5 Å². The number of carbonyl (C=O) groups excluding carboxylic acids is 1. The smallest absolute Gasteiger partial charge is 0.391 e. The Bertz CT molecular complexity index is 273. The number of pyridine rings is 1. The highest BCUT2D eigenvalue weighted by Gasteiger charge is 1.98. The number of aromatic nitrogens is 1. The third-order valence-electron chi connectivity index (χ3n) is 1.10. The lowest BCUT2D eigenvalue weighted by Gasteiger charge is -1.98. The number of primary amides is 1. The van der Waals surface area contributed by atoms with Crippen molar-refractivity contribution >= 4 is 6.09 Å². The predicted octanol–water partition coefficient (Wildman–Crippen LogP) is 0.848. The molecule has 0 aliphatic heterocycles. The molecular formula is C7H8N2O2. The van der Waals surface area contributed by atoms with E-state index in [9.17, 15) is 4.79 Å². The van der Waals surface area contributed by atoms with Crippen molar-refractivity contribution in [3.05, 3.63) is 23.9 Å². The lowest BCUT2D eigenvalue weighted by atomic mass is 10.3. The summed E-state index contributed by atoms with van der Waals surface area (Å²) >= 11 is 0. The van der Waals surface area contributed by atoms with E-state index >= 15 is 0 Å². The van der Waals surface area contributed by atoms with Crippen LogP contribution in [0, 0.1) is 6.92 Å². The molecule has 1 rings (SSSR count). The number of hydrogen-bond donors (Lipinski definition) is 1. The van der Waals surface area contributed by atoms with Crippen molar-refractivity contribution in [2.75, 3.05) is 0 Å². The number of carbonyl (C=O) groups is 1. The number of nitrogens with zero attached hydrogens (tertiary/aromatic N) is 1. The summed E-state index contributed by atoms with van der Waals surface area (Å²) in [4.78, 5) is 14.0. The fraction of sp³-hybridized carbons (Fsp3) is 0.143. The summed E-state index contributed by atoms with van der Waals surface area (Å²) in [5, 5.41) is 0. The third kappa shape index (κ3) is 2.25. The van der Waals surface area contributed by atoms with Crippen molar-refractivity contribution in [1.82, 2.24) is 4.98 Å². The fourth-order valence-corrected chi connectivity index (χ4v) is 0.667. The molecule has 0 fully saturated rings. The molecule has 1 aromatic rings. The number of nitrogens with two attached hydrogens (primary N) is 1. The molecule has 0 atom stereocenters. The summed E-state index contributed by atoms with van der Waals surface area (Å²) < 4.78 is 4.52. The van der Waals surface area contributed by atoms with Crippen molar-refractivity contribution in [2.45, 2.75) is 6.92 Å². The highest BCUT2D eigenvalue weighted by Crippen LogP contribution is 2.07. The molecule has 1 amide bonds. The number of amides is 1. The van der Waals surface area contributed by atoms with Crippen LogP contribution in [0.4, 0.5) is 4.79 Å². The van der Waals surface area contributed by atoms with E-state index in [0.717, 1.165) is 5.56 Å². The Morgan fingerprint density at radius 1 is 1.73 bits per heavy atom. The monoisotopic (exact) mass is 152 g/mol. The third-order valence-corrected chi connectivity index (χ3v) is 1.10. The van der Waals surface area contributed by atoms with Crippen LogP contribution in [0.2, 0.25) is 0 Å². The Morgan fingerprint density at radius 2 is 2.45 bits per heavy atom. The normalized spacial score (nSPS) is 9.18. The van der Waals surface area contributed by atoms with Crippen LogP contribution < -0.4 is 10.5 Å². The Kier molecular flexibility index (Phi) is 2.06. The minimum Gasteiger partial charge on any atom is -0.391 e. The largest absolute Gasteiger partial charge is 0.411 e. The van der Waals surface area contributed by atoms with E-state index in [1.54, 1.807) is 18.3 Å². The van der Waals surface area contributed by atoms with Crippen molar-refractivity contribution in [1.29, 1.82) is 0 Å². The predicted molar refractivity (Wildman–Crippen MR) is 39.2 cm³/mol. The number of ether oxygens (including phenoxy) is 1. The van der Waals surface area contributed by atoms with E-state index in [1.165, 1.54) is 0 Å². The van der Waals surface area contributed by atoms with E-state index < -0.39 is 6.09 Å². The fourth-order valence-electron chi connectivity index (χ4n) is 0.667. The summed E-state index contributed by atoms with van der Waals surface area (Å²) in [6, 6.07) is 3.43. The summed E-state index contributed by atoms with van der Waals surface area (Å²) in [5.74, 6) is 0.234. The van der Waals surface area contributed by atoms with Gasteiger partial charge in [0.1, 0.15) is 0 Å². The summed E-state index contributed by atoms with van der Waals surface area (Å²) in [5.41, 5.74) is 5.74. The van der Waals surface area contributed by atoms with Gasteiger partial charge in [0.15, 0.2) is 0 Å². The quantitative estimate of drug-likeness (QED) is 0.648. The first-order valence-electron chi connectivity index (χ1n) is 3.08. The van der Waals surface area contributed by atoms with Gasteiger partial charge in [0.05, 0.1) is 0 Å². The van der Waals surface area contributed by atoms with Gasteiger partial charge >= 0.3 is 6.09 Å². The molecule has 1 heterocycles. The molecule has 0 saturated carbocycles. The zero-order chi connectivity index (χ0) is 8.27. The molecule has 2 N–H and O–H groups in total. The molecule has 58 valence electrons. The zero-order valence-electron chi connectivity index (χ0n) is 6.07. The van der Waals surface area contributed by atoms with E-state index in [2.05, 4.69) is 9.72 Å². The molecule has 0 unspecified atom stereocenters. The van der Waals surface area contributed by atoms with Crippen molar-refractivity contribution in [3.63, 3.8) is 0 Å². The molecule has 0 saturated heterocycles. The minimum atomic E-state index is -0.844. The van der Waals surface area contributed by atoms with Gasteiger partial charge in [-0.05, 0) is 18.6 Å². The maximum absolute atomic E-state index is 10.2. The molecule has 0 aliphatic carbocycles. The number of rotatable bonds is 1. The van der Waals surface area contributed by atoms with Gasteiger partial charge in [0.2, 0.25) is 5.88 Å². The Hall–Kier alpha value is -1.58. The highest BCUT2D eigenvalue weighted by molar-refractivity contribution is 5.67. The summed E-state index contributed by atoms with van der Waals surface area (Å²) in [7, 11) is 0. The van der Waals surface area contributed by atoms with Crippen LogP contribution in [0.15, 0.2) is 18.3 Å². The van der Waals surface area contributed by atoms with Crippen molar-refractivity contribution < 1.29 is 9.53 Å². The topological polar surface area (TPSA) is 65.2 Å². The molecule has 1 aromatic heterocycles. The standard InChI is InChI=1S/C7H8N2O2/c1-5-2-3-9-6(4-5)11-7(8)10/h2-4H,1H3,(H2,8,10). The molecule has 0 spiro atoms. The first kappa shape index (κ1) is 7.53. The van der Waals surface area contributed by atoms with Gasteiger partial charge in [-0.2, -0.15) is 0 Å². The molecular weight excluding hydrogens is 144 g/mol. The van der Waals surface area contributed by atoms with E-state index in [-0.39, 0.29) is 5.88 Å². The van der Waals surface area contributed by atoms with Crippen LogP contribution >= 0.6 is 0 Å². The SMILES string of the molecule is Cc1ccnc(OC(N)=O)c1. The van der Waals surface area contributed by atoms with Gasteiger partial charge in [0.25, 0.3) is 0 Å². The first-order chi connectivity index (χ1) is 5.18. The molecule has 11 heavy (non-hydrogen) atoms. The average molecular weight is 152 g/mol. The summed E-state index contributed by atoms with van der Waals surface area (Å²) in [6.07, 6.45) is 0.705. The molecule has 0 aromatic carbocycles. The maximum atomic E-state index is 10.2. The lowest BCUT2D eigenvalue weighted by molar-refractivity contribution is 0.209. The summed E-state index contributed by atoms with van der Waals surface area (Å²) in [6.45, 7) is 1.87. The molecule has 0 bridgehead atoms. The number of aryl methyl sites for hydroxylation is 1. The van der Waals surface area contributed by atoms with Gasteiger partial charge in [-0.25, -0.2) is 9.78 Å². The number of hydrogen-bond acceptors (Lipinski definition) is 3. The second-order valence-electron chi connectivity index (χ2n) is 2.09. The van der Waals surface area contributed by atoms with Gasteiger partial charge in [-0.15, -0.1) is 0 Å². The highest BCUT2D eigenvalue weighted by atomic mass is 16.6. The van der Waals surface area contributed by atoms with Crippen LogP contribution in [0.3, 0.4) is 0 Å². The van der Waals surface area contributed by atoms with Crippen LogP contribution in [0.5, 0.6) is 5.88 Å². The lowest BCUT2D eigenvalue weighted by Crippen LogP contribution is -2.16. The zero-order valence-corrected chi connectivity index (χ0v) is 6.07. The van der Waals surface area contributed by atoms with Crippen molar-refractivity contribution in [3.8, 4) is 5.88 Å². The first-order valence-corrected chi connectivity index (χ1v) is 3.08. The van der Waals surface area contributed by atoms with E-state index in [0.29, 0.717) is 0 Å². The Balaban J connectivity index is 2.79. The average Bonchev–Trinajstić information content (AvgIpc) is 1.85. The molecule has 4 nitrogen and oxygen atoms in total. The van der Waals surface area contributed by atoms with Gasteiger partial charge in [-0.3, -0.25) is 0 Å². The van der Waals surface area contributed by atoms with Crippen LogP contribution in [0.1, 0.15) is 5.56 Å². The Morgan fingerprint density at radius 3 is 3.00 bits per heavy atom. The minimum absolute atomic E-state index is 0.234. The van der Waals surface area contributed by atoms with E-state index in [1.807, 2.05) is 6.92 Å². The van der Waals surface area contributed by atoms with Gasteiger partial charge in [0, 0.05) is 12.3 Å². The van der Waals surface area contributed by atoms with Crippen molar-refractivity contribution in [2.24, 2.45) is 5.73 Å². The second kappa shape index (κ2) is 3.01. The van der Waals surface area contributed by atoms with Gasteiger partial charge in [-0.1, -0.05) is 0 Å². The van der Waals surface area contributed by atoms with Crippen LogP contribution in [0.25, 0.3) is 0 Å². The van der Waals surface area contributed by atoms with E-state index in [4.69, 9.17) is 5.73 Å². The molecule has 0 aliphatic rings. The molecule has 4 heteroatoms. The van der Waals surface area contributed by atoms with Crippen LogP contribution in [-0.2, 0) is 0 Å². The second-order valence-corrected chi connectivity index (χ2v) is 2.09. The molecule has 0 radical (unpaired) electrons. The Labute approximate surface area is 64.0 Å². The van der Waals surface area contributed by atoms with Crippen LogP contribution in [-0.4, -0.2) is 11.1 Å². The maximum Gasteiger partial charge on any atom is 0.411 e.